The third-order valence-electron chi connectivity index (χ3n) is 5.79. The number of rotatable bonds is 6. The lowest BCUT2D eigenvalue weighted by atomic mass is 9.70. The van der Waals surface area contributed by atoms with E-state index < -0.39 is 0 Å². The quantitative estimate of drug-likeness (QED) is 0.632. The highest BCUT2D eigenvalue weighted by atomic mass is 19.1. The van der Waals surface area contributed by atoms with Crippen LogP contribution in [0.1, 0.15) is 70.3 Å². The zero-order valence-electron chi connectivity index (χ0n) is 14.0. The Balaban J connectivity index is 1.72. The highest BCUT2D eigenvalue weighted by Crippen LogP contribution is 2.42. The summed E-state index contributed by atoms with van der Waals surface area (Å²) in [5.74, 6) is 2.95. The van der Waals surface area contributed by atoms with Gasteiger partial charge in [0.15, 0.2) is 11.6 Å². The first-order valence-corrected chi connectivity index (χ1v) is 9.11. The Morgan fingerprint density at radius 1 is 1.18 bits per heavy atom. The molecule has 0 saturated heterocycles. The molecule has 1 aromatic rings. The van der Waals surface area contributed by atoms with Crippen molar-refractivity contribution < 1.29 is 9.13 Å². The number of hydrogen-bond acceptors (Lipinski definition) is 1. The summed E-state index contributed by atoms with van der Waals surface area (Å²) in [6.45, 7) is 5.30. The molecule has 2 saturated carbocycles. The van der Waals surface area contributed by atoms with Crippen LogP contribution < -0.4 is 4.74 Å². The fourth-order valence-electron chi connectivity index (χ4n) is 4.05. The Morgan fingerprint density at radius 3 is 2.68 bits per heavy atom. The maximum atomic E-state index is 14.0. The van der Waals surface area contributed by atoms with E-state index in [-0.39, 0.29) is 5.82 Å². The van der Waals surface area contributed by atoms with Gasteiger partial charge in [0, 0.05) is 0 Å². The summed E-state index contributed by atoms with van der Waals surface area (Å²) >= 11 is 0. The van der Waals surface area contributed by atoms with Crippen LogP contribution in [0.3, 0.4) is 0 Å². The summed E-state index contributed by atoms with van der Waals surface area (Å²) in [5.41, 5.74) is 1.25. The third-order valence-corrected chi connectivity index (χ3v) is 5.79. The van der Waals surface area contributed by atoms with E-state index in [1.807, 2.05) is 12.1 Å². The first-order chi connectivity index (χ1) is 10.7. The van der Waals surface area contributed by atoms with Crippen LogP contribution in [0.2, 0.25) is 0 Å². The minimum absolute atomic E-state index is 0.215. The lowest BCUT2D eigenvalue weighted by Crippen LogP contribution is -2.24. The Hall–Kier alpha value is -1.05. The predicted octanol–water partition coefficient (Wildman–Crippen LogP) is 5.93. The molecule has 0 N–H and O–H groups in total. The molecule has 0 amide bonds. The summed E-state index contributed by atoms with van der Waals surface area (Å²) < 4.78 is 19.7. The van der Waals surface area contributed by atoms with Gasteiger partial charge in [0.25, 0.3) is 0 Å². The molecule has 0 aromatic heterocycles. The molecule has 0 spiro atoms. The smallest absolute Gasteiger partial charge is 0.165 e. The maximum Gasteiger partial charge on any atom is 0.165 e. The van der Waals surface area contributed by atoms with Crippen LogP contribution in [0.15, 0.2) is 18.2 Å². The summed E-state index contributed by atoms with van der Waals surface area (Å²) in [5, 5.41) is 0. The van der Waals surface area contributed by atoms with Crippen LogP contribution in [0.5, 0.6) is 5.75 Å². The Morgan fingerprint density at radius 2 is 1.95 bits per heavy atom. The largest absolute Gasteiger partial charge is 0.490 e. The van der Waals surface area contributed by atoms with E-state index in [1.165, 1.54) is 50.5 Å². The number of ether oxygens (including phenoxy) is 1. The lowest BCUT2D eigenvalue weighted by Gasteiger charge is -2.35. The molecule has 3 atom stereocenters. The lowest BCUT2D eigenvalue weighted by molar-refractivity contribution is 0.201. The Labute approximate surface area is 134 Å². The van der Waals surface area contributed by atoms with Gasteiger partial charge in [0.1, 0.15) is 0 Å². The molecule has 3 rings (SSSR count). The van der Waals surface area contributed by atoms with Gasteiger partial charge in [-0.15, -0.1) is 0 Å². The van der Waals surface area contributed by atoms with E-state index in [9.17, 15) is 4.39 Å². The van der Waals surface area contributed by atoms with Gasteiger partial charge in [0.05, 0.1) is 6.61 Å². The van der Waals surface area contributed by atoms with Crippen LogP contribution in [0, 0.1) is 23.6 Å². The highest BCUT2D eigenvalue weighted by Gasteiger charge is 2.29. The van der Waals surface area contributed by atoms with Crippen LogP contribution in [-0.4, -0.2) is 6.61 Å². The number of hydrogen-bond donors (Lipinski definition) is 0. The molecule has 2 aliphatic carbocycles. The second-order valence-electron chi connectivity index (χ2n) is 7.35. The minimum Gasteiger partial charge on any atom is -0.490 e. The fourth-order valence-corrected chi connectivity index (χ4v) is 4.05. The molecule has 3 unspecified atom stereocenters. The van der Waals surface area contributed by atoms with E-state index in [0.29, 0.717) is 24.2 Å². The maximum absolute atomic E-state index is 14.0. The van der Waals surface area contributed by atoms with Gasteiger partial charge in [0.2, 0.25) is 0 Å². The van der Waals surface area contributed by atoms with Crippen LogP contribution >= 0.6 is 0 Å². The van der Waals surface area contributed by atoms with Crippen molar-refractivity contribution in [2.24, 2.45) is 17.8 Å². The number of halogens is 1. The van der Waals surface area contributed by atoms with Gasteiger partial charge in [-0.2, -0.15) is 0 Å². The van der Waals surface area contributed by atoms with Gasteiger partial charge >= 0.3 is 0 Å². The van der Waals surface area contributed by atoms with Crippen molar-refractivity contribution in [3.05, 3.63) is 29.6 Å². The van der Waals surface area contributed by atoms with E-state index >= 15 is 0 Å². The summed E-state index contributed by atoms with van der Waals surface area (Å²) in [4.78, 5) is 0. The SMILES string of the molecule is CCC1CCCCC1C(C)c1ccc(F)c(OCC2CC2)c1. The van der Waals surface area contributed by atoms with Crippen molar-refractivity contribution in [2.45, 2.75) is 64.7 Å². The zero-order valence-corrected chi connectivity index (χ0v) is 14.0. The van der Waals surface area contributed by atoms with Crippen molar-refractivity contribution in [3.8, 4) is 5.75 Å². The molecule has 1 nitrogen and oxygen atoms in total. The van der Waals surface area contributed by atoms with Crippen molar-refractivity contribution in [3.63, 3.8) is 0 Å². The van der Waals surface area contributed by atoms with E-state index in [4.69, 9.17) is 4.74 Å². The van der Waals surface area contributed by atoms with Crippen LogP contribution in [0.25, 0.3) is 0 Å². The zero-order chi connectivity index (χ0) is 15.5. The highest BCUT2D eigenvalue weighted by molar-refractivity contribution is 5.32. The molecule has 2 heteroatoms. The molecule has 2 aliphatic rings. The molecule has 22 heavy (non-hydrogen) atoms. The Kier molecular flexibility index (Phi) is 5.05. The van der Waals surface area contributed by atoms with E-state index in [0.717, 1.165) is 11.8 Å². The Bertz CT molecular complexity index is 494. The summed E-state index contributed by atoms with van der Waals surface area (Å²) in [7, 11) is 0. The molecule has 0 heterocycles. The minimum atomic E-state index is -0.215. The van der Waals surface area contributed by atoms with Gasteiger partial charge in [-0.1, -0.05) is 45.6 Å². The van der Waals surface area contributed by atoms with Gasteiger partial charge in [-0.05, 0) is 60.6 Å². The normalized spacial score (nSPS) is 26.7. The van der Waals surface area contributed by atoms with Crippen molar-refractivity contribution >= 4 is 0 Å². The first-order valence-electron chi connectivity index (χ1n) is 9.11. The first kappa shape index (κ1) is 15.8. The van der Waals surface area contributed by atoms with Crippen molar-refractivity contribution in [1.82, 2.24) is 0 Å². The fraction of sp³-hybridized carbons (Fsp3) is 0.700. The molecular formula is C20H29FO. The number of benzene rings is 1. The standard InChI is InChI=1S/C20H29FO/c1-3-16-6-4-5-7-18(16)14(2)17-10-11-19(21)20(12-17)22-13-15-8-9-15/h10-12,14-16,18H,3-9,13H2,1-2H3. The average molecular weight is 304 g/mol. The molecule has 122 valence electrons. The molecule has 0 radical (unpaired) electrons. The average Bonchev–Trinajstić information content (AvgIpc) is 3.37. The van der Waals surface area contributed by atoms with E-state index in [1.54, 1.807) is 6.07 Å². The third kappa shape index (κ3) is 3.64. The molecule has 0 aliphatic heterocycles. The molecule has 1 aromatic carbocycles. The topological polar surface area (TPSA) is 9.23 Å². The molecule has 2 fully saturated rings. The van der Waals surface area contributed by atoms with Crippen molar-refractivity contribution in [1.29, 1.82) is 0 Å². The summed E-state index contributed by atoms with van der Waals surface area (Å²) in [6, 6.07) is 5.52. The monoisotopic (exact) mass is 304 g/mol. The van der Waals surface area contributed by atoms with Gasteiger partial charge in [-0.3, -0.25) is 0 Å². The van der Waals surface area contributed by atoms with Gasteiger partial charge < -0.3 is 4.74 Å². The molecule has 0 bridgehead atoms. The second-order valence-corrected chi connectivity index (χ2v) is 7.35. The van der Waals surface area contributed by atoms with Gasteiger partial charge in [-0.25, -0.2) is 4.39 Å². The second kappa shape index (κ2) is 7.02. The van der Waals surface area contributed by atoms with E-state index in [2.05, 4.69) is 13.8 Å². The van der Waals surface area contributed by atoms with Crippen molar-refractivity contribution in [2.75, 3.05) is 6.61 Å². The summed E-state index contributed by atoms with van der Waals surface area (Å²) in [6.07, 6.45) is 9.13. The molecular weight excluding hydrogens is 275 g/mol. The van der Waals surface area contributed by atoms with Crippen LogP contribution in [0.4, 0.5) is 4.39 Å². The predicted molar refractivity (Wildman–Crippen MR) is 88.8 cm³/mol. The van der Waals surface area contributed by atoms with Crippen LogP contribution in [-0.2, 0) is 0 Å².